The standard InChI is InChI=1S/C8H17IO2.C4H8O2/c1-6(2)5-7(3,4)8(9,10)11;1-3(2)4(5)6/h6,10-11H,5H2,1-4H3;3H,1-2H3,(H,5,6). The van der Waals surface area contributed by atoms with E-state index in [1.807, 2.05) is 13.8 Å². The van der Waals surface area contributed by atoms with Crippen LogP contribution in [0, 0.1) is 17.3 Å². The van der Waals surface area contributed by atoms with E-state index in [-0.39, 0.29) is 5.92 Å². The van der Waals surface area contributed by atoms with Crippen LogP contribution >= 0.6 is 22.6 Å². The summed E-state index contributed by atoms with van der Waals surface area (Å²) in [5.74, 6) is -0.488. The van der Waals surface area contributed by atoms with Crippen LogP contribution in [0.2, 0.25) is 0 Å². The Morgan fingerprint density at radius 3 is 1.53 bits per heavy atom. The van der Waals surface area contributed by atoms with Crippen LogP contribution in [-0.4, -0.2) is 25.1 Å². The molecule has 0 aromatic rings. The minimum atomic E-state index is -1.60. The Kier molecular flexibility index (Phi) is 8.62. The summed E-state index contributed by atoms with van der Waals surface area (Å²) in [4.78, 5) is 9.70. The third-order valence-electron chi connectivity index (χ3n) is 2.27. The van der Waals surface area contributed by atoms with Crippen molar-refractivity contribution in [3.8, 4) is 0 Å². The van der Waals surface area contributed by atoms with Crippen LogP contribution in [0.5, 0.6) is 0 Å². The van der Waals surface area contributed by atoms with Crippen molar-refractivity contribution in [1.82, 2.24) is 0 Å². The van der Waals surface area contributed by atoms with Gasteiger partial charge in [0.1, 0.15) is 0 Å². The number of aliphatic carboxylic acids is 1. The van der Waals surface area contributed by atoms with E-state index >= 15 is 0 Å². The number of carboxylic acid groups (broad SMARTS) is 1. The molecule has 0 bridgehead atoms. The molecule has 0 rings (SSSR count). The lowest BCUT2D eigenvalue weighted by molar-refractivity contribution is -0.144. The zero-order valence-corrected chi connectivity index (χ0v) is 13.6. The Hall–Kier alpha value is 0.120. The molecule has 0 heterocycles. The van der Waals surface area contributed by atoms with Gasteiger partial charge in [-0.3, -0.25) is 4.79 Å². The number of carboxylic acids is 1. The van der Waals surface area contributed by atoms with E-state index in [1.54, 1.807) is 36.4 Å². The first-order valence-corrected chi connectivity index (χ1v) is 6.75. The summed E-state index contributed by atoms with van der Waals surface area (Å²) >= 11 is 1.66. The third-order valence-corrected chi connectivity index (χ3v) is 3.73. The van der Waals surface area contributed by atoms with Crippen LogP contribution in [0.3, 0.4) is 0 Å². The van der Waals surface area contributed by atoms with Crippen molar-refractivity contribution in [2.75, 3.05) is 0 Å². The minimum absolute atomic E-state index is 0.231. The first-order valence-electron chi connectivity index (χ1n) is 5.67. The molecule has 104 valence electrons. The highest BCUT2D eigenvalue weighted by Crippen LogP contribution is 2.39. The maximum absolute atomic E-state index is 9.70. The number of hydrogen-bond acceptors (Lipinski definition) is 3. The van der Waals surface area contributed by atoms with E-state index in [4.69, 9.17) is 5.11 Å². The highest BCUT2D eigenvalue weighted by atomic mass is 127. The van der Waals surface area contributed by atoms with Gasteiger partial charge < -0.3 is 15.3 Å². The fourth-order valence-corrected chi connectivity index (χ4v) is 1.37. The Morgan fingerprint density at radius 1 is 1.18 bits per heavy atom. The molecule has 0 atom stereocenters. The van der Waals surface area contributed by atoms with Crippen LogP contribution in [-0.2, 0) is 4.79 Å². The maximum atomic E-state index is 9.70. The average molecular weight is 360 g/mol. The van der Waals surface area contributed by atoms with E-state index in [0.717, 1.165) is 6.42 Å². The number of aliphatic hydroxyl groups is 2. The van der Waals surface area contributed by atoms with Crippen LogP contribution in [0.25, 0.3) is 0 Å². The predicted octanol–water partition coefficient (Wildman–Crippen LogP) is 2.86. The largest absolute Gasteiger partial charge is 0.481 e. The van der Waals surface area contributed by atoms with Crippen molar-refractivity contribution in [2.45, 2.75) is 51.8 Å². The van der Waals surface area contributed by atoms with E-state index in [2.05, 4.69) is 13.8 Å². The minimum Gasteiger partial charge on any atom is -0.481 e. The van der Waals surface area contributed by atoms with Gasteiger partial charge in [-0.1, -0.05) is 41.5 Å². The monoisotopic (exact) mass is 360 g/mol. The Morgan fingerprint density at radius 2 is 1.47 bits per heavy atom. The quantitative estimate of drug-likeness (QED) is 0.409. The van der Waals surface area contributed by atoms with Crippen LogP contribution in [0.15, 0.2) is 0 Å². The smallest absolute Gasteiger partial charge is 0.305 e. The van der Waals surface area contributed by atoms with Gasteiger partial charge in [-0.15, -0.1) is 0 Å². The summed E-state index contributed by atoms with van der Waals surface area (Å²) in [7, 11) is 0. The number of alkyl halides is 1. The van der Waals surface area contributed by atoms with Crippen molar-refractivity contribution in [2.24, 2.45) is 17.3 Å². The van der Waals surface area contributed by atoms with E-state index in [0.29, 0.717) is 5.92 Å². The summed E-state index contributed by atoms with van der Waals surface area (Å²) in [5, 5.41) is 26.7. The van der Waals surface area contributed by atoms with Gasteiger partial charge >= 0.3 is 5.97 Å². The van der Waals surface area contributed by atoms with Gasteiger partial charge in [0.05, 0.1) is 5.92 Å². The van der Waals surface area contributed by atoms with Crippen LogP contribution in [0.4, 0.5) is 0 Å². The molecule has 0 unspecified atom stereocenters. The zero-order valence-electron chi connectivity index (χ0n) is 11.5. The van der Waals surface area contributed by atoms with Crippen molar-refractivity contribution in [3.63, 3.8) is 0 Å². The highest BCUT2D eigenvalue weighted by Gasteiger charge is 2.39. The Bertz CT molecular complexity index is 229. The summed E-state index contributed by atoms with van der Waals surface area (Å²) in [6.45, 7) is 11.2. The molecule has 5 heteroatoms. The van der Waals surface area contributed by atoms with Gasteiger partial charge in [0.25, 0.3) is 0 Å². The molecule has 0 saturated heterocycles. The van der Waals surface area contributed by atoms with E-state index in [9.17, 15) is 15.0 Å². The van der Waals surface area contributed by atoms with E-state index in [1.165, 1.54) is 0 Å². The predicted molar refractivity (Wildman–Crippen MR) is 76.9 cm³/mol. The van der Waals surface area contributed by atoms with Crippen molar-refractivity contribution >= 4 is 28.6 Å². The normalized spacial score (nSPS) is 12.4. The fourth-order valence-electron chi connectivity index (χ4n) is 1.15. The summed E-state index contributed by atoms with van der Waals surface area (Å²) in [6, 6.07) is 0. The number of rotatable bonds is 4. The average Bonchev–Trinajstić information content (AvgIpc) is 1.99. The number of carbonyl (C=O) groups is 1. The molecule has 0 amide bonds. The van der Waals surface area contributed by atoms with Crippen LogP contribution in [0.1, 0.15) is 48.0 Å². The second kappa shape index (κ2) is 7.53. The number of hydrogen-bond donors (Lipinski definition) is 3. The molecule has 0 aliphatic heterocycles. The molecular formula is C12H25IO4. The van der Waals surface area contributed by atoms with Crippen molar-refractivity contribution in [3.05, 3.63) is 0 Å². The third kappa shape index (κ3) is 9.79. The molecule has 0 aromatic heterocycles. The Labute approximate surface area is 118 Å². The van der Waals surface area contributed by atoms with Gasteiger partial charge in [-0.2, -0.15) is 0 Å². The van der Waals surface area contributed by atoms with Gasteiger partial charge in [0.2, 0.25) is 3.79 Å². The fraction of sp³-hybridized carbons (Fsp3) is 0.917. The van der Waals surface area contributed by atoms with Crippen molar-refractivity contribution < 1.29 is 20.1 Å². The first-order chi connectivity index (χ1) is 7.31. The SMILES string of the molecule is CC(C)C(=O)O.CC(C)CC(C)(C)C(O)(O)I. The van der Waals surface area contributed by atoms with Gasteiger partial charge in [0.15, 0.2) is 0 Å². The molecule has 0 aliphatic rings. The van der Waals surface area contributed by atoms with E-state index < -0.39 is 15.2 Å². The molecule has 0 saturated carbocycles. The molecule has 17 heavy (non-hydrogen) atoms. The maximum Gasteiger partial charge on any atom is 0.305 e. The molecular weight excluding hydrogens is 335 g/mol. The molecule has 0 spiro atoms. The molecule has 0 aliphatic carbocycles. The topological polar surface area (TPSA) is 77.8 Å². The Balaban J connectivity index is 0. The van der Waals surface area contributed by atoms with Gasteiger partial charge in [-0.05, 0) is 34.9 Å². The van der Waals surface area contributed by atoms with Gasteiger partial charge in [0, 0.05) is 5.41 Å². The lowest BCUT2D eigenvalue weighted by atomic mass is 9.83. The molecule has 0 fully saturated rings. The van der Waals surface area contributed by atoms with Crippen molar-refractivity contribution in [1.29, 1.82) is 0 Å². The number of halogens is 1. The summed E-state index contributed by atoms with van der Waals surface area (Å²) in [6.07, 6.45) is 0.808. The summed E-state index contributed by atoms with van der Waals surface area (Å²) < 4.78 is -1.60. The molecule has 4 nitrogen and oxygen atoms in total. The lowest BCUT2D eigenvalue weighted by Crippen LogP contribution is -2.39. The first kappa shape index (κ1) is 19.5. The second-order valence-electron chi connectivity index (χ2n) is 5.56. The molecule has 0 radical (unpaired) electrons. The second-order valence-corrected chi connectivity index (χ2v) is 7.07. The molecule has 0 aromatic carbocycles. The summed E-state index contributed by atoms with van der Waals surface area (Å²) in [5.41, 5.74) is -0.443. The zero-order chi connectivity index (χ0) is 14.4. The van der Waals surface area contributed by atoms with Crippen LogP contribution < -0.4 is 0 Å². The highest BCUT2D eigenvalue weighted by molar-refractivity contribution is 14.1. The molecule has 3 N–H and O–H groups in total. The lowest BCUT2D eigenvalue weighted by Gasteiger charge is -2.35. The van der Waals surface area contributed by atoms with Gasteiger partial charge in [-0.25, -0.2) is 0 Å².